The van der Waals surface area contributed by atoms with Crippen molar-refractivity contribution >= 4 is 11.6 Å². The summed E-state index contributed by atoms with van der Waals surface area (Å²) >= 11 is 5.96. The first-order valence-corrected chi connectivity index (χ1v) is 6.86. The molecule has 2 bridgehead atoms. The average molecular weight is 268 g/mol. The van der Waals surface area contributed by atoms with E-state index in [1.807, 2.05) is 12.1 Å². The van der Waals surface area contributed by atoms with Crippen LogP contribution in [0.5, 0.6) is 11.5 Å². The van der Waals surface area contributed by atoms with Gasteiger partial charge in [-0.05, 0) is 25.0 Å². The molecule has 3 nitrogen and oxygen atoms in total. The van der Waals surface area contributed by atoms with Gasteiger partial charge in [0.2, 0.25) is 0 Å². The number of halogens is 1. The number of nitrogens with one attached hydrogen (secondary N) is 1. The molecule has 1 saturated carbocycles. The monoisotopic (exact) mass is 267 g/mol. The maximum Gasteiger partial charge on any atom is 0.162 e. The molecule has 2 unspecified atom stereocenters. The van der Waals surface area contributed by atoms with Gasteiger partial charge in [0.25, 0.3) is 0 Å². The Morgan fingerprint density at radius 2 is 1.89 bits per heavy atom. The van der Waals surface area contributed by atoms with Crippen molar-refractivity contribution in [3.63, 3.8) is 0 Å². The highest BCUT2D eigenvalue weighted by atomic mass is 35.5. The number of benzene rings is 1. The summed E-state index contributed by atoms with van der Waals surface area (Å²) in [5.74, 6) is 2.79. The number of ether oxygens (including phenoxy) is 2. The molecule has 0 radical (unpaired) electrons. The molecule has 2 aliphatic rings. The Bertz CT molecular complexity index is 422. The van der Waals surface area contributed by atoms with Crippen LogP contribution in [0.15, 0.2) is 18.2 Å². The number of piperidine rings is 1. The van der Waals surface area contributed by atoms with Crippen LogP contribution in [0.3, 0.4) is 0 Å². The highest BCUT2D eigenvalue weighted by Crippen LogP contribution is 2.39. The fourth-order valence-corrected chi connectivity index (χ4v) is 3.27. The van der Waals surface area contributed by atoms with Gasteiger partial charge in [-0.1, -0.05) is 11.6 Å². The molecule has 2 fully saturated rings. The summed E-state index contributed by atoms with van der Waals surface area (Å²) in [5, 5.41) is 4.14. The third-order valence-corrected chi connectivity index (χ3v) is 4.27. The zero-order chi connectivity index (χ0) is 12.5. The van der Waals surface area contributed by atoms with E-state index in [2.05, 4.69) is 5.32 Å². The Balaban J connectivity index is 1.80. The minimum absolute atomic E-state index is 0.321. The first kappa shape index (κ1) is 12.1. The fraction of sp³-hybridized carbons (Fsp3) is 0.571. The molecular weight excluding hydrogens is 250 g/mol. The van der Waals surface area contributed by atoms with Crippen LogP contribution in [-0.4, -0.2) is 26.3 Å². The van der Waals surface area contributed by atoms with Crippen molar-refractivity contribution in [2.45, 2.75) is 18.9 Å². The predicted octanol–water partition coefficient (Wildman–Crippen LogP) is 2.73. The largest absolute Gasteiger partial charge is 0.493 e. The van der Waals surface area contributed by atoms with Crippen LogP contribution in [0.25, 0.3) is 0 Å². The Kier molecular flexibility index (Phi) is 3.35. The lowest BCUT2D eigenvalue weighted by molar-refractivity contribution is 0.0901. The van der Waals surface area contributed by atoms with Crippen molar-refractivity contribution in [3.05, 3.63) is 23.2 Å². The summed E-state index contributed by atoms with van der Waals surface area (Å²) in [6.07, 6.45) is 2.84. The second-order valence-electron chi connectivity index (χ2n) is 5.13. The molecule has 1 aromatic carbocycles. The predicted molar refractivity (Wildman–Crippen MR) is 71.5 cm³/mol. The standard InChI is InChI=1S/C14H18ClNO2/c1-17-13-6-11(15)4-5-12(13)18-14-9-2-3-10(14)8-16-7-9/h4-6,9-10,14,16H,2-3,7-8H2,1H3. The van der Waals surface area contributed by atoms with Crippen LogP contribution in [-0.2, 0) is 0 Å². The molecule has 98 valence electrons. The molecule has 1 aliphatic heterocycles. The Labute approximate surface area is 112 Å². The molecule has 1 aliphatic carbocycles. The number of hydrogen-bond donors (Lipinski definition) is 1. The van der Waals surface area contributed by atoms with E-state index in [1.54, 1.807) is 13.2 Å². The van der Waals surface area contributed by atoms with E-state index >= 15 is 0 Å². The quantitative estimate of drug-likeness (QED) is 0.914. The Morgan fingerprint density at radius 1 is 1.17 bits per heavy atom. The van der Waals surface area contributed by atoms with Crippen molar-refractivity contribution in [1.29, 1.82) is 0 Å². The molecule has 1 N–H and O–H groups in total. The van der Waals surface area contributed by atoms with Gasteiger partial charge in [-0.2, -0.15) is 0 Å². The van der Waals surface area contributed by atoms with Gasteiger partial charge >= 0.3 is 0 Å². The van der Waals surface area contributed by atoms with E-state index < -0.39 is 0 Å². The van der Waals surface area contributed by atoms with E-state index in [0.29, 0.717) is 23.0 Å². The first-order valence-electron chi connectivity index (χ1n) is 6.49. The van der Waals surface area contributed by atoms with Gasteiger partial charge in [0.15, 0.2) is 11.5 Å². The molecule has 2 atom stereocenters. The Morgan fingerprint density at radius 3 is 2.56 bits per heavy atom. The summed E-state index contributed by atoms with van der Waals surface area (Å²) in [6, 6.07) is 5.56. The summed E-state index contributed by atoms with van der Waals surface area (Å²) in [5.41, 5.74) is 0. The SMILES string of the molecule is COc1cc(Cl)ccc1OC1C2CCC1CNC2. The molecule has 1 saturated heterocycles. The van der Waals surface area contributed by atoms with Gasteiger partial charge in [-0.3, -0.25) is 0 Å². The average Bonchev–Trinajstić information content (AvgIpc) is 2.62. The van der Waals surface area contributed by atoms with Crippen molar-refractivity contribution in [2.75, 3.05) is 20.2 Å². The summed E-state index contributed by atoms with van der Waals surface area (Å²) in [4.78, 5) is 0. The maximum atomic E-state index is 6.20. The van der Waals surface area contributed by atoms with E-state index in [0.717, 1.165) is 24.6 Å². The highest BCUT2D eigenvalue weighted by Gasteiger charge is 2.40. The van der Waals surface area contributed by atoms with E-state index in [9.17, 15) is 0 Å². The normalized spacial score (nSPS) is 30.2. The molecule has 0 aromatic heterocycles. The van der Waals surface area contributed by atoms with Gasteiger partial charge in [0.1, 0.15) is 6.10 Å². The molecule has 3 rings (SSSR count). The van der Waals surface area contributed by atoms with Crippen LogP contribution < -0.4 is 14.8 Å². The lowest BCUT2D eigenvalue weighted by atomic mass is 9.96. The van der Waals surface area contributed by atoms with Gasteiger partial charge in [0.05, 0.1) is 7.11 Å². The van der Waals surface area contributed by atoms with Crippen LogP contribution >= 0.6 is 11.6 Å². The fourth-order valence-electron chi connectivity index (χ4n) is 3.11. The molecule has 1 aromatic rings. The lowest BCUT2D eigenvalue weighted by Crippen LogP contribution is -2.44. The number of rotatable bonds is 3. The van der Waals surface area contributed by atoms with Crippen molar-refractivity contribution in [1.82, 2.24) is 5.32 Å². The van der Waals surface area contributed by atoms with Crippen molar-refractivity contribution in [3.8, 4) is 11.5 Å². The van der Waals surface area contributed by atoms with Gasteiger partial charge in [0, 0.05) is 36.0 Å². The third-order valence-electron chi connectivity index (χ3n) is 4.04. The lowest BCUT2D eigenvalue weighted by Gasteiger charge is -2.31. The van der Waals surface area contributed by atoms with Crippen molar-refractivity contribution in [2.24, 2.45) is 11.8 Å². The minimum atomic E-state index is 0.321. The van der Waals surface area contributed by atoms with Gasteiger partial charge < -0.3 is 14.8 Å². The topological polar surface area (TPSA) is 30.5 Å². The molecule has 0 spiro atoms. The minimum Gasteiger partial charge on any atom is -0.493 e. The van der Waals surface area contributed by atoms with Crippen LogP contribution in [0.4, 0.5) is 0 Å². The summed E-state index contributed by atoms with van der Waals surface area (Å²) < 4.78 is 11.5. The molecule has 1 heterocycles. The second-order valence-corrected chi connectivity index (χ2v) is 5.57. The van der Waals surface area contributed by atoms with Gasteiger partial charge in [-0.25, -0.2) is 0 Å². The summed E-state index contributed by atoms with van der Waals surface area (Å²) in [6.45, 7) is 2.13. The van der Waals surface area contributed by atoms with E-state index in [1.165, 1.54) is 12.8 Å². The molecular formula is C14H18ClNO2. The van der Waals surface area contributed by atoms with Crippen LogP contribution in [0.1, 0.15) is 12.8 Å². The van der Waals surface area contributed by atoms with Gasteiger partial charge in [-0.15, -0.1) is 0 Å². The highest BCUT2D eigenvalue weighted by molar-refractivity contribution is 6.30. The molecule has 4 heteroatoms. The van der Waals surface area contributed by atoms with Crippen LogP contribution in [0.2, 0.25) is 5.02 Å². The second kappa shape index (κ2) is 4.98. The van der Waals surface area contributed by atoms with Crippen molar-refractivity contribution < 1.29 is 9.47 Å². The smallest absolute Gasteiger partial charge is 0.162 e. The summed E-state index contributed by atoms with van der Waals surface area (Å²) in [7, 11) is 1.65. The number of hydrogen-bond acceptors (Lipinski definition) is 3. The zero-order valence-electron chi connectivity index (χ0n) is 10.5. The van der Waals surface area contributed by atoms with Crippen LogP contribution in [0, 0.1) is 11.8 Å². The zero-order valence-corrected chi connectivity index (χ0v) is 11.2. The molecule has 0 amide bonds. The Hall–Kier alpha value is -0.930. The number of methoxy groups -OCH3 is 1. The van der Waals surface area contributed by atoms with E-state index in [4.69, 9.17) is 21.1 Å². The van der Waals surface area contributed by atoms with E-state index in [-0.39, 0.29) is 0 Å². The molecule has 18 heavy (non-hydrogen) atoms. The maximum absolute atomic E-state index is 6.20. The third kappa shape index (κ3) is 2.17. The number of fused-ring (bicyclic) bond motifs is 2. The first-order chi connectivity index (χ1) is 8.78.